The van der Waals surface area contributed by atoms with Crippen LogP contribution in [0.5, 0.6) is 0 Å². The molecule has 0 radical (unpaired) electrons. The molecule has 0 unspecified atom stereocenters. The highest BCUT2D eigenvalue weighted by molar-refractivity contribution is 6.45. The molecule has 46 valence electrons. The first-order chi connectivity index (χ1) is 4.20. The average Bonchev–Trinajstić information content (AvgIpc) is 1.80. The fourth-order valence-electron chi connectivity index (χ4n) is 0.609. The second-order valence-corrected chi connectivity index (χ2v) is 2.42. The number of nitrogens with two attached hydrogens (primary N) is 1. The Morgan fingerprint density at radius 1 is 1.44 bits per heavy atom. The average molecular weight is 139 g/mol. The largest absolute Gasteiger partial charge is 0.399 e. The molecule has 0 saturated carbocycles. The van der Waals surface area contributed by atoms with Crippen LogP contribution in [0, 0.1) is 0 Å². The minimum atomic E-state index is 0.714. The van der Waals surface area contributed by atoms with Crippen molar-refractivity contribution < 1.29 is 0 Å². The predicted molar refractivity (Wildman–Crippen MR) is 44.0 cm³/mol. The van der Waals surface area contributed by atoms with E-state index < -0.39 is 0 Å². The second kappa shape index (κ2) is 2.32. The molecule has 0 fully saturated rings. The molecule has 1 rings (SSSR count). The molecule has 0 heterocycles. The van der Waals surface area contributed by atoms with Gasteiger partial charge in [-0.1, -0.05) is 23.1 Å². The molecule has 0 amide bonds. The van der Waals surface area contributed by atoms with E-state index in [1.807, 2.05) is 20.0 Å². The van der Waals surface area contributed by atoms with Gasteiger partial charge in [-0.2, -0.15) is 0 Å². The van der Waals surface area contributed by atoms with Crippen LogP contribution in [-0.2, 0) is 0 Å². The fraction of sp³-hybridized carbons (Fsp3) is 0. The first-order valence-corrected chi connectivity index (χ1v) is 3.09. The quantitative estimate of drug-likeness (QED) is 0.403. The molecule has 9 heavy (non-hydrogen) atoms. The van der Waals surface area contributed by atoms with Gasteiger partial charge in [-0.15, -0.1) is 0 Å². The number of halogens is 1. The highest BCUT2D eigenvalue weighted by atomic mass is 35.5. The SMILES string of the molecule is Bc1ccc(N)cc1Cl. The molecule has 1 aromatic rings. The number of hydrogen-bond acceptors (Lipinski definition) is 1. The molecule has 3 heteroatoms. The summed E-state index contributed by atoms with van der Waals surface area (Å²) >= 11 is 5.73. The number of rotatable bonds is 0. The van der Waals surface area contributed by atoms with Crippen LogP contribution < -0.4 is 11.2 Å². The Kier molecular flexibility index (Phi) is 1.67. The Labute approximate surface area is 60.2 Å². The van der Waals surface area contributed by atoms with Crippen molar-refractivity contribution >= 4 is 30.6 Å². The third-order valence-electron chi connectivity index (χ3n) is 1.20. The van der Waals surface area contributed by atoms with Crippen molar-refractivity contribution in [1.29, 1.82) is 0 Å². The molecule has 0 saturated heterocycles. The Balaban J connectivity index is 3.17. The topological polar surface area (TPSA) is 26.0 Å². The van der Waals surface area contributed by atoms with Crippen molar-refractivity contribution in [2.24, 2.45) is 0 Å². The fourth-order valence-corrected chi connectivity index (χ4v) is 0.798. The Morgan fingerprint density at radius 3 is 2.56 bits per heavy atom. The zero-order valence-corrected chi connectivity index (χ0v) is 5.94. The number of benzene rings is 1. The lowest BCUT2D eigenvalue weighted by atomic mass is 9.96. The first kappa shape index (κ1) is 6.49. The van der Waals surface area contributed by atoms with E-state index in [9.17, 15) is 0 Å². The minimum absolute atomic E-state index is 0.714. The normalized spacial score (nSPS) is 9.44. The van der Waals surface area contributed by atoms with Crippen LogP contribution in [0.4, 0.5) is 5.69 Å². The van der Waals surface area contributed by atoms with Crippen LogP contribution in [0.15, 0.2) is 18.2 Å². The van der Waals surface area contributed by atoms with E-state index in [4.69, 9.17) is 17.3 Å². The van der Waals surface area contributed by atoms with Crippen molar-refractivity contribution in [2.75, 3.05) is 5.73 Å². The van der Waals surface area contributed by atoms with E-state index in [0.717, 1.165) is 10.5 Å². The maximum Gasteiger partial charge on any atom is 0.141 e. The number of anilines is 1. The van der Waals surface area contributed by atoms with E-state index >= 15 is 0 Å². The van der Waals surface area contributed by atoms with Gasteiger partial charge in [0.2, 0.25) is 0 Å². The lowest BCUT2D eigenvalue weighted by Gasteiger charge is -1.96. The Bertz CT molecular complexity index is 224. The van der Waals surface area contributed by atoms with E-state index in [-0.39, 0.29) is 0 Å². The second-order valence-electron chi connectivity index (χ2n) is 2.01. The molecule has 1 nitrogen and oxygen atoms in total. The summed E-state index contributed by atoms with van der Waals surface area (Å²) in [5.41, 5.74) is 7.22. The summed E-state index contributed by atoms with van der Waals surface area (Å²) in [6.45, 7) is 0. The van der Waals surface area contributed by atoms with Crippen molar-refractivity contribution in [3.05, 3.63) is 23.2 Å². The van der Waals surface area contributed by atoms with E-state index in [2.05, 4.69) is 0 Å². The molecule has 0 aliphatic rings. The van der Waals surface area contributed by atoms with Gasteiger partial charge in [0.05, 0.1) is 0 Å². The van der Waals surface area contributed by atoms with E-state index in [0.29, 0.717) is 5.69 Å². The summed E-state index contributed by atoms with van der Waals surface area (Å²) in [7, 11) is 1.95. The van der Waals surface area contributed by atoms with Gasteiger partial charge in [0.1, 0.15) is 7.85 Å². The van der Waals surface area contributed by atoms with Gasteiger partial charge >= 0.3 is 0 Å². The zero-order valence-electron chi connectivity index (χ0n) is 5.19. The van der Waals surface area contributed by atoms with Crippen LogP contribution in [0.1, 0.15) is 0 Å². The summed E-state index contributed by atoms with van der Waals surface area (Å²) in [4.78, 5) is 0. The molecule has 0 spiro atoms. The lowest BCUT2D eigenvalue weighted by Crippen LogP contribution is -2.03. The lowest BCUT2D eigenvalue weighted by molar-refractivity contribution is 1.73. The predicted octanol–water partition coefficient (Wildman–Crippen LogP) is 0.181. The van der Waals surface area contributed by atoms with Gasteiger partial charge in [-0.3, -0.25) is 0 Å². The molecule has 0 aliphatic carbocycles. The summed E-state index contributed by atoms with van der Waals surface area (Å²) in [6.07, 6.45) is 0. The summed E-state index contributed by atoms with van der Waals surface area (Å²) in [5.74, 6) is 0. The smallest absolute Gasteiger partial charge is 0.141 e. The molecule has 2 N–H and O–H groups in total. The Hall–Kier alpha value is -0.625. The highest BCUT2D eigenvalue weighted by Crippen LogP contribution is 2.08. The highest BCUT2D eigenvalue weighted by Gasteiger charge is 1.91. The number of hydrogen-bond donors (Lipinski definition) is 1. The maximum absolute atomic E-state index is 5.73. The van der Waals surface area contributed by atoms with Gasteiger partial charge in [0, 0.05) is 10.7 Å². The molecular formula is C6H7BClN. The summed E-state index contributed by atoms with van der Waals surface area (Å²) < 4.78 is 0. The van der Waals surface area contributed by atoms with Crippen LogP contribution in [0.25, 0.3) is 0 Å². The molecule has 0 aliphatic heterocycles. The third kappa shape index (κ3) is 1.39. The summed E-state index contributed by atoms with van der Waals surface area (Å²) in [6, 6.07) is 5.48. The standard InChI is InChI=1S/C6H7BClN/c7-5-2-1-4(9)3-6(5)8/h1-3H,7,9H2. The van der Waals surface area contributed by atoms with Gasteiger partial charge in [-0.25, -0.2) is 0 Å². The van der Waals surface area contributed by atoms with Crippen molar-refractivity contribution in [1.82, 2.24) is 0 Å². The van der Waals surface area contributed by atoms with Gasteiger partial charge in [-0.05, 0) is 12.1 Å². The van der Waals surface area contributed by atoms with E-state index in [1.165, 1.54) is 0 Å². The monoisotopic (exact) mass is 139 g/mol. The van der Waals surface area contributed by atoms with Crippen LogP contribution >= 0.6 is 11.6 Å². The molecule has 0 aromatic heterocycles. The van der Waals surface area contributed by atoms with Crippen LogP contribution in [0.3, 0.4) is 0 Å². The zero-order chi connectivity index (χ0) is 6.85. The summed E-state index contributed by atoms with van der Waals surface area (Å²) in [5, 5.41) is 0.731. The first-order valence-electron chi connectivity index (χ1n) is 2.72. The van der Waals surface area contributed by atoms with Crippen molar-refractivity contribution in [3.8, 4) is 0 Å². The molecule has 0 atom stereocenters. The third-order valence-corrected chi connectivity index (χ3v) is 1.60. The molecule has 0 bridgehead atoms. The molecular weight excluding hydrogens is 132 g/mol. The minimum Gasteiger partial charge on any atom is -0.399 e. The van der Waals surface area contributed by atoms with Crippen molar-refractivity contribution in [3.63, 3.8) is 0 Å². The van der Waals surface area contributed by atoms with Crippen molar-refractivity contribution in [2.45, 2.75) is 0 Å². The van der Waals surface area contributed by atoms with Gasteiger partial charge in [0.15, 0.2) is 0 Å². The molecule has 1 aromatic carbocycles. The van der Waals surface area contributed by atoms with Gasteiger partial charge in [0.25, 0.3) is 0 Å². The number of nitrogen functional groups attached to an aromatic ring is 1. The maximum atomic E-state index is 5.73. The van der Waals surface area contributed by atoms with Crippen LogP contribution in [-0.4, -0.2) is 7.85 Å². The Morgan fingerprint density at radius 2 is 2.11 bits per heavy atom. The van der Waals surface area contributed by atoms with E-state index in [1.54, 1.807) is 6.07 Å². The van der Waals surface area contributed by atoms with Gasteiger partial charge < -0.3 is 5.73 Å². The van der Waals surface area contributed by atoms with Crippen LogP contribution in [0.2, 0.25) is 5.02 Å².